The van der Waals surface area contributed by atoms with E-state index in [-0.39, 0.29) is 36.5 Å². The molecule has 3 N–H and O–H groups in total. The average Bonchev–Trinajstić information content (AvgIpc) is 2.85. The van der Waals surface area contributed by atoms with Gasteiger partial charge in [-0.05, 0) is 61.9 Å². The number of carbonyl (C=O) groups is 1. The molecule has 9 atom stereocenters. The monoisotopic (exact) mass is 414 g/mol. The summed E-state index contributed by atoms with van der Waals surface area (Å²) in [4.78, 5) is 12.6. The van der Waals surface area contributed by atoms with Crippen molar-refractivity contribution in [2.45, 2.75) is 82.3 Å². The fourth-order valence-corrected chi connectivity index (χ4v) is 7.98. The van der Waals surface area contributed by atoms with E-state index in [2.05, 4.69) is 6.58 Å². The number of halogens is 2. The molecule has 4 aliphatic rings. The van der Waals surface area contributed by atoms with Gasteiger partial charge in [-0.25, -0.2) is 4.39 Å². The van der Waals surface area contributed by atoms with E-state index in [1.165, 1.54) is 0 Å². The predicted molar refractivity (Wildman–Crippen MR) is 105 cm³/mol. The lowest BCUT2D eigenvalue weighted by molar-refractivity contribution is -0.253. The molecule has 0 aliphatic heterocycles. The molecule has 4 aliphatic carbocycles. The quantitative estimate of drug-likeness (QED) is 0.479. The number of aliphatic hydroxyl groups excluding tert-OH is 1. The van der Waals surface area contributed by atoms with Gasteiger partial charge in [0.15, 0.2) is 11.4 Å². The maximum Gasteiger partial charge on any atom is 0.183 e. The number of ketones is 1. The van der Waals surface area contributed by atoms with Crippen LogP contribution in [-0.4, -0.2) is 50.5 Å². The molecule has 0 spiro atoms. The van der Waals surface area contributed by atoms with Gasteiger partial charge in [-0.15, -0.1) is 11.6 Å². The van der Waals surface area contributed by atoms with Gasteiger partial charge in [0.2, 0.25) is 0 Å². The van der Waals surface area contributed by atoms with Gasteiger partial charge in [-0.1, -0.05) is 20.4 Å². The number of aliphatic hydroxyl groups is 3. The van der Waals surface area contributed by atoms with Crippen LogP contribution in [0.1, 0.15) is 58.8 Å². The van der Waals surface area contributed by atoms with E-state index in [9.17, 15) is 20.1 Å². The van der Waals surface area contributed by atoms with Crippen LogP contribution in [0.5, 0.6) is 0 Å². The SMILES string of the molecule is C=C1C[C@H]2[C@@H]3CC(F)C4(O)CC(O)CC[C@]4(C)[C@H]3CC[C@]2(C)[C@@]1(O)C(=O)CCl. The Bertz CT molecular complexity index is 715. The summed E-state index contributed by atoms with van der Waals surface area (Å²) in [5, 5.41) is 32.9. The zero-order valence-electron chi connectivity index (χ0n) is 16.8. The highest BCUT2D eigenvalue weighted by atomic mass is 35.5. The van der Waals surface area contributed by atoms with Crippen LogP contribution in [0.2, 0.25) is 0 Å². The van der Waals surface area contributed by atoms with Gasteiger partial charge in [0.1, 0.15) is 11.8 Å². The van der Waals surface area contributed by atoms with E-state index >= 15 is 4.39 Å². The second kappa shape index (κ2) is 6.26. The number of hydrogen-bond donors (Lipinski definition) is 3. The van der Waals surface area contributed by atoms with Crippen molar-refractivity contribution in [1.29, 1.82) is 0 Å². The molecular formula is C22H32ClFO4. The highest BCUT2D eigenvalue weighted by Crippen LogP contribution is 2.70. The molecule has 0 bridgehead atoms. The number of rotatable bonds is 2. The first-order valence-corrected chi connectivity index (χ1v) is 11.0. The Morgan fingerprint density at radius 3 is 2.50 bits per heavy atom. The summed E-state index contributed by atoms with van der Waals surface area (Å²) < 4.78 is 15.5. The van der Waals surface area contributed by atoms with Crippen LogP contribution >= 0.6 is 11.6 Å². The molecule has 0 aromatic rings. The molecule has 4 fully saturated rings. The van der Waals surface area contributed by atoms with Gasteiger partial charge in [0, 0.05) is 17.3 Å². The number of Topliss-reactive ketones (excluding diaryl/α,β-unsaturated/α-hetero) is 1. The van der Waals surface area contributed by atoms with E-state index in [0.717, 1.165) is 0 Å². The van der Waals surface area contributed by atoms with Crippen molar-refractivity contribution < 1.29 is 24.5 Å². The van der Waals surface area contributed by atoms with Crippen LogP contribution in [0.4, 0.5) is 4.39 Å². The van der Waals surface area contributed by atoms with Crippen LogP contribution in [0.15, 0.2) is 12.2 Å². The molecule has 6 heteroatoms. The summed E-state index contributed by atoms with van der Waals surface area (Å²) in [6, 6.07) is 0. The molecule has 4 rings (SSSR count). The molecule has 0 amide bonds. The topological polar surface area (TPSA) is 77.8 Å². The van der Waals surface area contributed by atoms with Gasteiger partial charge in [-0.2, -0.15) is 0 Å². The number of alkyl halides is 2. The second-order valence-corrected chi connectivity index (χ2v) is 10.6. The Hall–Kier alpha value is -0.490. The summed E-state index contributed by atoms with van der Waals surface area (Å²) in [5.41, 5.74) is -4.01. The maximum atomic E-state index is 15.5. The van der Waals surface area contributed by atoms with Gasteiger partial charge >= 0.3 is 0 Å². The average molecular weight is 415 g/mol. The fourth-order valence-electron chi connectivity index (χ4n) is 7.79. The van der Waals surface area contributed by atoms with Crippen LogP contribution in [0, 0.1) is 28.6 Å². The van der Waals surface area contributed by atoms with Gasteiger partial charge in [0.25, 0.3) is 0 Å². The largest absolute Gasteiger partial charge is 0.393 e. The van der Waals surface area contributed by atoms with Crippen molar-refractivity contribution in [1.82, 2.24) is 0 Å². The molecule has 3 unspecified atom stereocenters. The van der Waals surface area contributed by atoms with Gasteiger partial charge in [-0.3, -0.25) is 4.79 Å². The lowest BCUT2D eigenvalue weighted by Crippen LogP contribution is -2.68. The molecule has 4 saturated carbocycles. The lowest BCUT2D eigenvalue weighted by Gasteiger charge is -2.64. The molecular weight excluding hydrogens is 383 g/mol. The summed E-state index contributed by atoms with van der Waals surface area (Å²) in [6.07, 6.45) is 1.15. The minimum absolute atomic E-state index is 0.0387. The minimum Gasteiger partial charge on any atom is -0.393 e. The summed E-state index contributed by atoms with van der Waals surface area (Å²) >= 11 is 5.82. The summed E-state index contributed by atoms with van der Waals surface area (Å²) in [5.74, 6) is -0.701. The van der Waals surface area contributed by atoms with E-state index in [0.29, 0.717) is 37.7 Å². The van der Waals surface area contributed by atoms with Crippen molar-refractivity contribution in [2.24, 2.45) is 28.6 Å². The number of fused-ring (bicyclic) bond motifs is 5. The smallest absolute Gasteiger partial charge is 0.183 e. The predicted octanol–water partition coefficient (Wildman–Crippen LogP) is 3.16. The Morgan fingerprint density at radius 1 is 1.21 bits per heavy atom. The Kier molecular flexibility index (Phi) is 4.64. The standard InChI is InChI=1S/C22H32ClFO4/c1-12-8-16-14-9-17(24)21(27)10-13(25)4-6-19(21,2)15(14)5-7-20(16,3)22(12,28)18(26)11-23/h13-17,25,27-28H,1,4-11H2,2-3H3/t13?,14-,15+,16+,17?,19-,20+,21?,22+/m1/s1. The number of hydrogen-bond acceptors (Lipinski definition) is 4. The van der Waals surface area contributed by atoms with Gasteiger partial charge < -0.3 is 15.3 Å². The molecule has 0 aromatic carbocycles. The first-order chi connectivity index (χ1) is 13.0. The van der Waals surface area contributed by atoms with E-state index in [1.54, 1.807) is 0 Å². The maximum absolute atomic E-state index is 15.5. The van der Waals surface area contributed by atoms with Crippen LogP contribution in [-0.2, 0) is 4.79 Å². The third-order valence-corrected chi connectivity index (χ3v) is 9.75. The minimum atomic E-state index is -1.66. The van der Waals surface area contributed by atoms with Gasteiger partial charge in [0.05, 0.1) is 12.0 Å². The summed E-state index contributed by atoms with van der Waals surface area (Å²) in [6.45, 7) is 7.92. The third-order valence-electron chi connectivity index (χ3n) is 9.50. The van der Waals surface area contributed by atoms with Crippen molar-refractivity contribution in [3.05, 3.63) is 12.2 Å². The molecule has 0 heterocycles. The molecule has 158 valence electrons. The highest BCUT2D eigenvalue weighted by molar-refractivity contribution is 6.29. The first-order valence-electron chi connectivity index (χ1n) is 10.5. The Balaban J connectivity index is 1.74. The molecule has 0 saturated heterocycles. The highest BCUT2D eigenvalue weighted by Gasteiger charge is 2.71. The van der Waals surface area contributed by atoms with Crippen LogP contribution in [0.25, 0.3) is 0 Å². The lowest BCUT2D eigenvalue weighted by atomic mass is 9.42. The second-order valence-electron chi connectivity index (χ2n) is 10.3. The zero-order chi connectivity index (χ0) is 20.7. The van der Waals surface area contributed by atoms with Crippen molar-refractivity contribution >= 4 is 17.4 Å². The molecule has 4 nitrogen and oxygen atoms in total. The van der Waals surface area contributed by atoms with Crippen molar-refractivity contribution in [3.8, 4) is 0 Å². The van der Waals surface area contributed by atoms with E-state index in [1.807, 2.05) is 13.8 Å². The summed E-state index contributed by atoms with van der Waals surface area (Å²) in [7, 11) is 0. The van der Waals surface area contributed by atoms with Crippen molar-refractivity contribution in [2.75, 3.05) is 5.88 Å². The van der Waals surface area contributed by atoms with Crippen molar-refractivity contribution in [3.63, 3.8) is 0 Å². The first kappa shape index (κ1) is 20.8. The fraction of sp³-hybridized carbons (Fsp3) is 0.864. The number of carbonyl (C=O) groups excluding carboxylic acids is 1. The van der Waals surface area contributed by atoms with Crippen LogP contribution in [0.3, 0.4) is 0 Å². The molecule has 0 radical (unpaired) electrons. The third kappa shape index (κ3) is 2.25. The van der Waals surface area contributed by atoms with Crippen LogP contribution < -0.4 is 0 Å². The Morgan fingerprint density at radius 2 is 1.86 bits per heavy atom. The van der Waals surface area contributed by atoms with E-state index < -0.39 is 40.1 Å². The Labute approximate surface area is 171 Å². The molecule has 28 heavy (non-hydrogen) atoms. The zero-order valence-corrected chi connectivity index (χ0v) is 17.5. The normalized spacial score (nSPS) is 56.0. The van der Waals surface area contributed by atoms with E-state index in [4.69, 9.17) is 11.6 Å². The molecule has 0 aromatic heterocycles.